The van der Waals surface area contributed by atoms with Gasteiger partial charge < -0.3 is 4.74 Å². The van der Waals surface area contributed by atoms with Crippen LogP contribution in [0.5, 0.6) is 5.75 Å². The molecule has 0 aromatic carbocycles. The minimum Gasteiger partial charge on any atom is -0.495 e. The lowest BCUT2D eigenvalue weighted by Crippen LogP contribution is -1.93. The molecule has 0 saturated heterocycles. The largest absolute Gasteiger partial charge is 0.495 e. The summed E-state index contributed by atoms with van der Waals surface area (Å²) in [6.07, 6.45) is 4.08. The first-order valence-corrected chi connectivity index (χ1v) is 3.81. The zero-order chi connectivity index (χ0) is 9.26. The molecule has 0 unspecified atom stereocenters. The molecule has 0 radical (unpaired) electrons. The number of aromatic nitrogens is 2. The summed E-state index contributed by atoms with van der Waals surface area (Å²) in [5, 5.41) is 0. The summed E-state index contributed by atoms with van der Waals surface area (Å²) in [6.45, 7) is 0. The van der Waals surface area contributed by atoms with Crippen LogP contribution in [0.15, 0.2) is 24.5 Å². The van der Waals surface area contributed by atoms with E-state index in [2.05, 4.69) is 4.98 Å². The highest BCUT2D eigenvalue weighted by Gasteiger charge is 2.02. The second-order valence-corrected chi connectivity index (χ2v) is 2.60. The number of aldehydes is 1. The van der Waals surface area contributed by atoms with Crippen LogP contribution in [-0.4, -0.2) is 22.8 Å². The molecule has 0 atom stereocenters. The average molecular weight is 176 g/mol. The SMILES string of the molecule is COc1ccc2cnc(C=O)n2c1. The zero-order valence-corrected chi connectivity index (χ0v) is 7.10. The van der Waals surface area contributed by atoms with E-state index in [4.69, 9.17) is 4.74 Å². The Morgan fingerprint density at radius 2 is 2.38 bits per heavy atom. The minimum atomic E-state index is 0.383. The van der Waals surface area contributed by atoms with Gasteiger partial charge in [-0.25, -0.2) is 4.98 Å². The number of fused-ring (bicyclic) bond motifs is 1. The molecule has 4 nitrogen and oxygen atoms in total. The van der Waals surface area contributed by atoms with Crippen LogP contribution in [0.4, 0.5) is 0 Å². The van der Waals surface area contributed by atoms with Crippen LogP contribution in [0.1, 0.15) is 10.6 Å². The highest BCUT2D eigenvalue weighted by Crippen LogP contribution is 2.13. The number of carbonyl (C=O) groups is 1. The summed E-state index contributed by atoms with van der Waals surface area (Å²) < 4.78 is 6.71. The molecule has 2 heterocycles. The summed E-state index contributed by atoms with van der Waals surface area (Å²) in [6, 6.07) is 3.67. The van der Waals surface area contributed by atoms with Crippen molar-refractivity contribution in [2.45, 2.75) is 0 Å². The van der Waals surface area contributed by atoms with E-state index in [0.717, 1.165) is 5.52 Å². The molecule has 0 fully saturated rings. The molecule has 66 valence electrons. The maximum absolute atomic E-state index is 10.6. The lowest BCUT2D eigenvalue weighted by molar-refractivity contribution is 0.111. The first kappa shape index (κ1) is 7.79. The molecule has 2 aromatic heterocycles. The maximum atomic E-state index is 10.6. The third kappa shape index (κ3) is 1.16. The quantitative estimate of drug-likeness (QED) is 0.645. The van der Waals surface area contributed by atoms with Gasteiger partial charge >= 0.3 is 0 Å². The Labute approximate surface area is 74.8 Å². The average Bonchev–Trinajstić information content (AvgIpc) is 2.59. The van der Waals surface area contributed by atoms with Crippen LogP contribution in [0.2, 0.25) is 0 Å². The van der Waals surface area contributed by atoms with E-state index in [-0.39, 0.29) is 0 Å². The van der Waals surface area contributed by atoms with E-state index >= 15 is 0 Å². The first-order valence-electron chi connectivity index (χ1n) is 3.81. The Morgan fingerprint density at radius 1 is 1.54 bits per heavy atom. The number of methoxy groups -OCH3 is 1. The van der Waals surface area contributed by atoms with Gasteiger partial charge in [0.05, 0.1) is 25.0 Å². The van der Waals surface area contributed by atoms with Gasteiger partial charge in [0, 0.05) is 0 Å². The van der Waals surface area contributed by atoms with Gasteiger partial charge in [-0.2, -0.15) is 0 Å². The molecule has 0 bridgehead atoms. The predicted octanol–water partition coefficient (Wildman–Crippen LogP) is 1.16. The number of nitrogens with zero attached hydrogens (tertiary/aromatic N) is 2. The zero-order valence-electron chi connectivity index (χ0n) is 7.10. The molecule has 0 saturated carbocycles. The van der Waals surface area contributed by atoms with Gasteiger partial charge in [-0.05, 0) is 12.1 Å². The van der Waals surface area contributed by atoms with Crippen molar-refractivity contribution in [3.63, 3.8) is 0 Å². The van der Waals surface area contributed by atoms with Crippen molar-refractivity contribution in [3.8, 4) is 5.75 Å². The maximum Gasteiger partial charge on any atom is 0.185 e. The van der Waals surface area contributed by atoms with Gasteiger partial charge in [0.2, 0.25) is 0 Å². The first-order chi connectivity index (χ1) is 6.35. The van der Waals surface area contributed by atoms with Gasteiger partial charge in [0.1, 0.15) is 5.75 Å². The number of pyridine rings is 1. The fourth-order valence-corrected chi connectivity index (χ4v) is 1.20. The number of hydrogen-bond acceptors (Lipinski definition) is 3. The second kappa shape index (κ2) is 2.90. The molecular formula is C9H8N2O2. The Morgan fingerprint density at radius 3 is 3.08 bits per heavy atom. The van der Waals surface area contributed by atoms with Crippen LogP contribution in [0.3, 0.4) is 0 Å². The standard InChI is InChI=1S/C9H8N2O2/c1-13-8-3-2-7-4-10-9(6-12)11(7)5-8/h2-6H,1H3. The number of carbonyl (C=O) groups excluding carboxylic acids is 1. The monoisotopic (exact) mass is 176 g/mol. The van der Waals surface area contributed by atoms with Crippen LogP contribution in [0.25, 0.3) is 5.52 Å². The molecule has 0 N–H and O–H groups in total. The van der Waals surface area contributed by atoms with Gasteiger partial charge in [-0.1, -0.05) is 0 Å². The van der Waals surface area contributed by atoms with Crippen LogP contribution >= 0.6 is 0 Å². The van der Waals surface area contributed by atoms with Crippen molar-refractivity contribution in [1.82, 2.24) is 9.38 Å². The van der Waals surface area contributed by atoms with Crippen molar-refractivity contribution >= 4 is 11.8 Å². The molecule has 0 aliphatic heterocycles. The Bertz CT molecular complexity index is 448. The fourth-order valence-electron chi connectivity index (χ4n) is 1.20. The smallest absolute Gasteiger partial charge is 0.185 e. The van der Waals surface area contributed by atoms with Crippen LogP contribution in [-0.2, 0) is 0 Å². The number of imidazole rings is 1. The van der Waals surface area contributed by atoms with Crippen molar-refractivity contribution in [3.05, 3.63) is 30.4 Å². The van der Waals surface area contributed by atoms with Gasteiger partial charge in [0.15, 0.2) is 12.1 Å². The highest BCUT2D eigenvalue weighted by molar-refractivity contribution is 5.72. The molecule has 0 aliphatic carbocycles. The van der Waals surface area contributed by atoms with Crippen molar-refractivity contribution < 1.29 is 9.53 Å². The third-order valence-corrected chi connectivity index (χ3v) is 1.87. The molecule has 0 spiro atoms. The van der Waals surface area contributed by atoms with E-state index in [9.17, 15) is 4.79 Å². The molecule has 4 heteroatoms. The second-order valence-electron chi connectivity index (χ2n) is 2.60. The summed E-state index contributed by atoms with van der Waals surface area (Å²) in [5.41, 5.74) is 0.878. The minimum absolute atomic E-state index is 0.383. The molecule has 13 heavy (non-hydrogen) atoms. The fraction of sp³-hybridized carbons (Fsp3) is 0.111. The summed E-state index contributed by atoms with van der Waals surface area (Å²) in [4.78, 5) is 14.5. The number of rotatable bonds is 2. The van der Waals surface area contributed by atoms with E-state index in [1.807, 2.05) is 12.1 Å². The van der Waals surface area contributed by atoms with E-state index < -0.39 is 0 Å². The Kier molecular flexibility index (Phi) is 1.73. The molecule has 0 amide bonds. The number of ether oxygens (including phenoxy) is 1. The topological polar surface area (TPSA) is 43.6 Å². The van der Waals surface area contributed by atoms with E-state index in [1.54, 1.807) is 23.9 Å². The molecular weight excluding hydrogens is 168 g/mol. The molecule has 2 aromatic rings. The lowest BCUT2D eigenvalue weighted by atomic mass is 10.4. The van der Waals surface area contributed by atoms with Gasteiger partial charge in [-0.15, -0.1) is 0 Å². The molecule has 0 aliphatic rings. The predicted molar refractivity (Wildman–Crippen MR) is 47.1 cm³/mol. The van der Waals surface area contributed by atoms with Crippen LogP contribution < -0.4 is 4.74 Å². The van der Waals surface area contributed by atoms with Crippen molar-refractivity contribution in [2.75, 3.05) is 7.11 Å². The van der Waals surface area contributed by atoms with Crippen molar-refractivity contribution in [2.24, 2.45) is 0 Å². The van der Waals surface area contributed by atoms with E-state index in [0.29, 0.717) is 17.9 Å². The number of hydrogen-bond donors (Lipinski definition) is 0. The van der Waals surface area contributed by atoms with Gasteiger partial charge in [-0.3, -0.25) is 9.20 Å². The summed E-state index contributed by atoms with van der Waals surface area (Å²) in [5.74, 6) is 1.09. The van der Waals surface area contributed by atoms with E-state index in [1.165, 1.54) is 0 Å². The molecule has 2 rings (SSSR count). The van der Waals surface area contributed by atoms with Crippen LogP contribution in [0, 0.1) is 0 Å². The van der Waals surface area contributed by atoms with Gasteiger partial charge in [0.25, 0.3) is 0 Å². The summed E-state index contributed by atoms with van der Waals surface area (Å²) in [7, 11) is 1.58. The third-order valence-electron chi connectivity index (χ3n) is 1.87. The highest BCUT2D eigenvalue weighted by atomic mass is 16.5. The normalized spacial score (nSPS) is 10.2. The van der Waals surface area contributed by atoms with Crippen molar-refractivity contribution in [1.29, 1.82) is 0 Å². The lowest BCUT2D eigenvalue weighted by Gasteiger charge is -2.00. The Balaban J connectivity index is 2.71. The summed E-state index contributed by atoms with van der Waals surface area (Å²) >= 11 is 0. The Hall–Kier alpha value is -1.84.